The van der Waals surface area contributed by atoms with E-state index < -0.39 is 24.2 Å². The topological polar surface area (TPSA) is 26.3 Å². The van der Waals surface area contributed by atoms with Crippen LogP contribution in [0.15, 0.2) is 191 Å². The highest BCUT2D eigenvalue weighted by Crippen LogP contribution is 2.45. The van der Waals surface area contributed by atoms with Gasteiger partial charge in [0.05, 0.1) is 11.0 Å². The van der Waals surface area contributed by atoms with Crippen molar-refractivity contribution in [1.29, 1.82) is 0 Å². The number of fused-ring (bicyclic) bond motifs is 9. The lowest BCUT2D eigenvalue weighted by atomic mass is 9.85. The van der Waals surface area contributed by atoms with E-state index in [0.717, 1.165) is 60.5 Å². The van der Waals surface area contributed by atoms with E-state index in [1.165, 1.54) is 0 Å². The summed E-state index contributed by atoms with van der Waals surface area (Å²) in [7, 11) is 0. The second-order valence-corrected chi connectivity index (χ2v) is 13.0. The van der Waals surface area contributed by atoms with Crippen molar-refractivity contribution in [2.24, 2.45) is 0 Å². The molecule has 0 bridgehead atoms. The molecular weight excluding hydrogens is 633 g/mol. The Kier molecular flexibility index (Phi) is 4.79. The average molecular weight is 671 g/mol. The predicted molar refractivity (Wildman–Crippen MR) is 218 cm³/mol. The Labute approximate surface area is 311 Å². The summed E-state index contributed by atoms with van der Waals surface area (Å²) in [6.45, 7) is 0. The number of rotatable bonds is 4. The van der Waals surface area contributed by atoms with Gasteiger partial charge in [-0.3, -0.25) is 0 Å². The molecule has 2 aromatic heterocycles. The van der Waals surface area contributed by atoms with Crippen LogP contribution in [0.25, 0.3) is 110 Å². The molecule has 11 rings (SSSR count). The Morgan fingerprint density at radius 3 is 1.31 bits per heavy atom. The van der Waals surface area contributed by atoms with Crippen molar-refractivity contribution in [1.82, 2.24) is 0 Å². The maximum absolute atomic E-state index is 9.30. The molecule has 0 saturated heterocycles. The SMILES string of the molecule is [2H]c1c([2H])c([2H])c2c(-c3ccc(-c4ccc5c(c4)oc4ccc6oc7ccccc7c6c45)cc3)c3c([2H])c([2H])c([2H])c([2H])c3c(-c3ccc(-c4ccccc4)cc3)c2c1[2H]. The molecule has 0 radical (unpaired) electrons. The van der Waals surface area contributed by atoms with Gasteiger partial charge in [0.25, 0.3) is 0 Å². The van der Waals surface area contributed by atoms with Crippen LogP contribution in [-0.4, -0.2) is 0 Å². The van der Waals surface area contributed by atoms with Crippen LogP contribution in [0, 0.1) is 0 Å². The van der Waals surface area contributed by atoms with Crippen LogP contribution in [0.2, 0.25) is 0 Å². The van der Waals surface area contributed by atoms with Crippen molar-refractivity contribution in [3.63, 3.8) is 0 Å². The Morgan fingerprint density at radius 1 is 0.308 bits per heavy atom. The third kappa shape index (κ3) is 4.38. The van der Waals surface area contributed by atoms with E-state index in [-0.39, 0.29) is 45.7 Å². The summed E-state index contributed by atoms with van der Waals surface area (Å²) in [6.07, 6.45) is 0. The first-order chi connectivity index (χ1) is 29.1. The molecular formula is C50H30O2. The molecule has 242 valence electrons. The number of benzene rings is 9. The van der Waals surface area contributed by atoms with E-state index in [9.17, 15) is 5.48 Å². The lowest BCUT2D eigenvalue weighted by Crippen LogP contribution is -1.91. The summed E-state index contributed by atoms with van der Waals surface area (Å²) in [5.41, 5.74) is 8.43. The zero-order valence-corrected chi connectivity index (χ0v) is 27.5. The average Bonchev–Trinajstić information content (AvgIpc) is 3.86. The van der Waals surface area contributed by atoms with E-state index in [1.807, 2.05) is 127 Å². The van der Waals surface area contributed by atoms with Crippen LogP contribution in [0.4, 0.5) is 0 Å². The van der Waals surface area contributed by atoms with Gasteiger partial charge in [-0.15, -0.1) is 0 Å². The fraction of sp³-hybridized carbons (Fsp3) is 0. The quantitative estimate of drug-likeness (QED) is 0.174. The zero-order valence-electron chi connectivity index (χ0n) is 35.5. The van der Waals surface area contributed by atoms with Gasteiger partial charge in [0.15, 0.2) is 0 Å². The molecule has 0 N–H and O–H groups in total. The van der Waals surface area contributed by atoms with Crippen molar-refractivity contribution in [3.8, 4) is 44.5 Å². The maximum atomic E-state index is 9.30. The predicted octanol–water partition coefficient (Wildman–Crippen LogP) is 14.5. The highest BCUT2D eigenvalue weighted by atomic mass is 16.3. The van der Waals surface area contributed by atoms with Crippen molar-refractivity contribution >= 4 is 65.4 Å². The molecule has 0 unspecified atom stereocenters. The molecule has 0 spiro atoms. The van der Waals surface area contributed by atoms with Crippen molar-refractivity contribution in [2.45, 2.75) is 0 Å². The monoisotopic (exact) mass is 670 g/mol. The minimum Gasteiger partial charge on any atom is -0.456 e. The standard InChI is InChI=1S/C50H30O2/c1-2-10-31(11-3-1)32-18-22-34(23-19-32)47-37-12-4-6-14-39(37)48(40-15-7-5-13-38(40)47)35-24-20-33(21-25-35)36-26-27-42-46(30-36)52-45-29-28-44-49(50(42)45)41-16-8-9-17-43(41)51-44/h1-30H/i4D,5D,6D,7D,12D,13D,14D,15D. The van der Waals surface area contributed by atoms with Crippen LogP contribution in [0.1, 0.15) is 11.0 Å². The fourth-order valence-electron chi connectivity index (χ4n) is 7.75. The van der Waals surface area contributed by atoms with E-state index in [2.05, 4.69) is 6.07 Å². The molecule has 11 aromatic rings. The summed E-state index contributed by atoms with van der Waals surface area (Å²) >= 11 is 0. The van der Waals surface area contributed by atoms with Gasteiger partial charge >= 0.3 is 0 Å². The number of hydrogen-bond donors (Lipinski definition) is 0. The van der Waals surface area contributed by atoms with Crippen LogP contribution in [0.3, 0.4) is 0 Å². The molecule has 0 aliphatic heterocycles. The first kappa shape index (κ1) is 22.0. The molecule has 0 aliphatic carbocycles. The van der Waals surface area contributed by atoms with E-state index in [0.29, 0.717) is 27.8 Å². The first-order valence-corrected chi connectivity index (χ1v) is 17.1. The van der Waals surface area contributed by atoms with Gasteiger partial charge in [-0.25, -0.2) is 0 Å². The normalized spacial score (nSPS) is 14.0. The maximum Gasteiger partial charge on any atom is 0.136 e. The molecule has 2 nitrogen and oxygen atoms in total. The molecule has 0 aliphatic rings. The minimum absolute atomic E-state index is 0.176. The summed E-state index contributed by atoms with van der Waals surface area (Å²) in [5.74, 6) is 0. The highest BCUT2D eigenvalue weighted by molar-refractivity contribution is 6.26. The van der Waals surface area contributed by atoms with Gasteiger partial charge in [-0.2, -0.15) is 0 Å². The van der Waals surface area contributed by atoms with Gasteiger partial charge in [-0.1, -0.05) is 151 Å². The van der Waals surface area contributed by atoms with Crippen molar-refractivity contribution in [2.75, 3.05) is 0 Å². The van der Waals surface area contributed by atoms with E-state index >= 15 is 0 Å². The summed E-state index contributed by atoms with van der Waals surface area (Å²) in [4.78, 5) is 0. The van der Waals surface area contributed by atoms with Crippen LogP contribution < -0.4 is 0 Å². The number of furan rings is 2. The Morgan fingerprint density at radius 2 is 0.731 bits per heavy atom. The minimum atomic E-state index is -0.434. The van der Waals surface area contributed by atoms with Crippen molar-refractivity contribution < 1.29 is 19.8 Å². The number of hydrogen-bond acceptors (Lipinski definition) is 2. The van der Waals surface area contributed by atoms with E-state index in [1.54, 1.807) is 0 Å². The second-order valence-electron chi connectivity index (χ2n) is 13.0. The van der Waals surface area contributed by atoms with Crippen LogP contribution in [-0.2, 0) is 0 Å². The molecule has 0 atom stereocenters. The van der Waals surface area contributed by atoms with Gasteiger partial charge < -0.3 is 8.83 Å². The highest BCUT2D eigenvalue weighted by Gasteiger charge is 2.18. The largest absolute Gasteiger partial charge is 0.456 e. The van der Waals surface area contributed by atoms with Gasteiger partial charge in [0.1, 0.15) is 22.3 Å². The van der Waals surface area contributed by atoms with E-state index in [4.69, 9.17) is 14.3 Å². The van der Waals surface area contributed by atoms with Gasteiger partial charge in [0, 0.05) is 21.5 Å². The molecule has 2 heterocycles. The Hall–Kier alpha value is -6.90. The first-order valence-electron chi connectivity index (χ1n) is 21.1. The lowest BCUT2D eigenvalue weighted by Gasteiger charge is -2.18. The van der Waals surface area contributed by atoms with Gasteiger partial charge in [0.2, 0.25) is 0 Å². The Balaban J connectivity index is 1.13. The molecule has 0 amide bonds. The molecule has 52 heavy (non-hydrogen) atoms. The molecule has 9 aromatic carbocycles. The van der Waals surface area contributed by atoms with Crippen molar-refractivity contribution in [3.05, 3.63) is 182 Å². The summed E-state index contributed by atoms with van der Waals surface area (Å²) in [5, 5.41) is 4.68. The smallest absolute Gasteiger partial charge is 0.136 e. The Bertz CT molecular complexity index is 3530. The third-order valence-corrected chi connectivity index (χ3v) is 10.1. The number of para-hydroxylation sites is 1. The summed E-state index contributed by atoms with van der Waals surface area (Å²) < 4.78 is 84.8. The molecule has 0 fully saturated rings. The third-order valence-electron chi connectivity index (χ3n) is 10.1. The van der Waals surface area contributed by atoms with Crippen LogP contribution in [0.5, 0.6) is 0 Å². The zero-order chi connectivity index (χ0) is 41.1. The molecule has 0 saturated carbocycles. The van der Waals surface area contributed by atoms with Gasteiger partial charge in [-0.05, 0) is 96.4 Å². The molecule has 2 heteroatoms. The van der Waals surface area contributed by atoms with Crippen LogP contribution >= 0.6 is 0 Å². The fourth-order valence-corrected chi connectivity index (χ4v) is 7.75. The second kappa shape index (κ2) is 11.3. The summed E-state index contributed by atoms with van der Waals surface area (Å²) in [6, 6.07) is 39.8. The lowest BCUT2D eigenvalue weighted by molar-refractivity contribution is 0.663.